The van der Waals surface area contributed by atoms with Crippen molar-refractivity contribution in [1.29, 1.82) is 0 Å². The van der Waals surface area contributed by atoms with Gasteiger partial charge in [-0.3, -0.25) is 4.79 Å². The van der Waals surface area contributed by atoms with E-state index >= 15 is 0 Å². The fraction of sp³-hybridized carbons (Fsp3) is 0.476. The quantitative estimate of drug-likeness (QED) is 0.852. The number of likely N-dealkylation sites (tertiary alicyclic amines) is 1. The van der Waals surface area contributed by atoms with E-state index in [9.17, 15) is 23.1 Å². The molecule has 0 aliphatic carbocycles. The van der Waals surface area contributed by atoms with Crippen molar-refractivity contribution in [3.8, 4) is 0 Å². The van der Waals surface area contributed by atoms with E-state index in [0.29, 0.717) is 25.9 Å². The average molecular weight is 392 g/mol. The van der Waals surface area contributed by atoms with Crippen molar-refractivity contribution in [1.82, 2.24) is 4.90 Å². The van der Waals surface area contributed by atoms with Crippen LogP contribution < -0.4 is 4.90 Å². The number of anilines is 1. The molecule has 0 unspecified atom stereocenters. The van der Waals surface area contributed by atoms with Gasteiger partial charge in [0.05, 0.1) is 18.6 Å². The summed E-state index contributed by atoms with van der Waals surface area (Å²) in [5.41, 5.74) is 1.86. The normalized spacial score (nSPS) is 23.0. The molecule has 2 aliphatic heterocycles. The summed E-state index contributed by atoms with van der Waals surface area (Å²) in [4.78, 5) is 16.0. The second-order valence-corrected chi connectivity index (χ2v) is 7.75. The molecule has 2 aromatic rings. The summed E-state index contributed by atoms with van der Waals surface area (Å²) >= 11 is 0. The Kier molecular flexibility index (Phi) is 4.95. The zero-order valence-electron chi connectivity index (χ0n) is 15.5. The molecule has 2 heterocycles. The molecule has 1 amide bonds. The highest BCUT2D eigenvalue weighted by molar-refractivity contribution is 5.98. The average Bonchev–Trinajstić information content (AvgIpc) is 2.66. The number of amides is 1. The third-order valence-electron chi connectivity index (χ3n) is 5.75. The summed E-state index contributed by atoms with van der Waals surface area (Å²) in [6.45, 7) is 0.344. The van der Waals surface area contributed by atoms with Crippen LogP contribution in [-0.2, 0) is 11.2 Å². The molecule has 0 aromatic heterocycles. The van der Waals surface area contributed by atoms with Crippen LogP contribution in [0.5, 0.6) is 0 Å². The van der Waals surface area contributed by atoms with Gasteiger partial charge in [-0.05, 0) is 23.8 Å². The number of carbonyl (C=O) groups is 1. The minimum Gasteiger partial charge on any atom is -0.391 e. The van der Waals surface area contributed by atoms with E-state index in [1.807, 2.05) is 41.3 Å². The Morgan fingerprint density at radius 1 is 1.14 bits per heavy atom. The number of halogens is 3. The van der Waals surface area contributed by atoms with E-state index in [0.717, 1.165) is 22.0 Å². The van der Waals surface area contributed by atoms with Gasteiger partial charge in [-0.25, -0.2) is 0 Å². The van der Waals surface area contributed by atoms with E-state index in [1.54, 1.807) is 0 Å². The Morgan fingerprint density at radius 3 is 2.71 bits per heavy atom. The predicted octanol–water partition coefficient (Wildman–Crippen LogP) is 3.36. The van der Waals surface area contributed by atoms with Crippen molar-refractivity contribution in [2.45, 2.75) is 31.5 Å². The molecule has 4 rings (SSSR count). The number of β-amino-alcohol motifs (C(OH)–C–C–N with tert-alkyl or cyclic N) is 1. The number of hydrogen-bond donors (Lipinski definition) is 1. The van der Waals surface area contributed by atoms with Crippen LogP contribution in [0.2, 0.25) is 0 Å². The molecule has 2 aliphatic rings. The smallest absolute Gasteiger partial charge is 0.391 e. The lowest BCUT2D eigenvalue weighted by Crippen LogP contribution is -2.50. The van der Waals surface area contributed by atoms with Gasteiger partial charge in [0, 0.05) is 37.1 Å². The zero-order chi connectivity index (χ0) is 19.9. The third kappa shape index (κ3) is 3.68. The number of nitrogens with zero attached hydrogens (tertiary/aromatic N) is 2. The topological polar surface area (TPSA) is 43.8 Å². The largest absolute Gasteiger partial charge is 0.393 e. The Hall–Kier alpha value is -2.28. The minimum atomic E-state index is -4.27. The van der Waals surface area contributed by atoms with Crippen LogP contribution in [0, 0.1) is 5.92 Å². The number of piperidine rings is 1. The van der Waals surface area contributed by atoms with Gasteiger partial charge in [0.1, 0.15) is 0 Å². The molecule has 2 atom stereocenters. The highest BCUT2D eigenvalue weighted by atomic mass is 19.4. The van der Waals surface area contributed by atoms with Crippen LogP contribution in [0.4, 0.5) is 18.9 Å². The summed E-state index contributed by atoms with van der Waals surface area (Å²) in [5.74, 6) is -1.77. The molecule has 7 heteroatoms. The van der Waals surface area contributed by atoms with Crippen LogP contribution in [0.15, 0.2) is 36.4 Å². The number of carbonyl (C=O) groups excluding carboxylic acids is 1. The molecule has 1 saturated heterocycles. The molecule has 0 saturated carbocycles. The molecule has 150 valence electrons. The maximum absolute atomic E-state index is 13.1. The van der Waals surface area contributed by atoms with Gasteiger partial charge < -0.3 is 14.9 Å². The first-order chi connectivity index (χ1) is 13.3. The molecular weight excluding hydrogens is 369 g/mol. The molecule has 0 bridgehead atoms. The summed E-state index contributed by atoms with van der Waals surface area (Å²) in [6.07, 6.45) is -3.94. The lowest BCUT2D eigenvalue weighted by Gasteiger charge is -2.38. The first kappa shape index (κ1) is 19.1. The van der Waals surface area contributed by atoms with Crippen molar-refractivity contribution >= 4 is 22.4 Å². The van der Waals surface area contributed by atoms with Crippen LogP contribution in [-0.4, -0.2) is 54.4 Å². The lowest BCUT2D eigenvalue weighted by molar-refractivity contribution is -0.187. The van der Waals surface area contributed by atoms with Crippen LogP contribution in [0.1, 0.15) is 18.4 Å². The maximum Gasteiger partial charge on any atom is 0.393 e. The van der Waals surface area contributed by atoms with E-state index in [-0.39, 0.29) is 25.4 Å². The summed E-state index contributed by atoms with van der Waals surface area (Å²) in [7, 11) is 0. The van der Waals surface area contributed by atoms with E-state index < -0.39 is 18.2 Å². The molecule has 0 spiro atoms. The zero-order valence-corrected chi connectivity index (χ0v) is 15.5. The maximum atomic E-state index is 13.1. The van der Waals surface area contributed by atoms with Gasteiger partial charge in [-0.2, -0.15) is 13.2 Å². The Morgan fingerprint density at radius 2 is 1.93 bits per heavy atom. The van der Waals surface area contributed by atoms with Gasteiger partial charge >= 0.3 is 6.18 Å². The summed E-state index contributed by atoms with van der Waals surface area (Å²) in [5, 5.41) is 12.3. The van der Waals surface area contributed by atoms with Crippen molar-refractivity contribution < 1.29 is 23.1 Å². The highest BCUT2D eigenvalue weighted by Crippen LogP contribution is 2.36. The predicted molar refractivity (Wildman–Crippen MR) is 101 cm³/mol. The van der Waals surface area contributed by atoms with Crippen LogP contribution in [0.3, 0.4) is 0 Å². The monoisotopic (exact) mass is 392 g/mol. The Bertz CT molecular complexity index is 884. The van der Waals surface area contributed by atoms with Gasteiger partial charge in [0.25, 0.3) is 0 Å². The number of fused-ring (bicyclic) bond motifs is 3. The van der Waals surface area contributed by atoms with Crippen molar-refractivity contribution in [2.24, 2.45) is 5.92 Å². The van der Waals surface area contributed by atoms with Gasteiger partial charge in [0.2, 0.25) is 5.91 Å². The van der Waals surface area contributed by atoms with Gasteiger partial charge in [-0.15, -0.1) is 0 Å². The fourth-order valence-corrected chi connectivity index (χ4v) is 4.38. The van der Waals surface area contributed by atoms with Crippen LogP contribution >= 0.6 is 0 Å². The highest BCUT2D eigenvalue weighted by Gasteiger charge is 2.43. The summed E-state index contributed by atoms with van der Waals surface area (Å²) < 4.78 is 39.2. The molecule has 2 aromatic carbocycles. The number of aliphatic hydroxyl groups excluding tert-OH is 1. The third-order valence-corrected chi connectivity index (χ3v) is 5.75. The molecular formula is C21H23F3N2O2. The molecule has 0 radical (unpaired) electrons. The van der Waals surface area contributed by atoms with Crippen molar-refractivity contribution in [2.75, 3.05) is 31.1 Å². The van der Waals surface area contributed by atoms with Crippen molar-refractivity contribution in [3.63, 3.8) is 0 Å². The van der Waals surface area contributed by atoms with E-state index in [1.165, 1.54) is 4.90 Å². The van der Waals surface area contributed by atoms with Crippen molar-refractivity contribution in [3.05, 3.63) is 42.0 Å². The first-order valence-electron chi connectivity index (χ1n) is 9.61. The summed E-state index contributed by atoms with van der Waals surface area (Å²) in [6, 6.07) is 11.8. The Balaban J connectivity index is 1.59. The van der Waals surface area contributed by atoms with Gasteiger partial charge in [0.15, 0.2) is 0 Å². The Labute approximate surface area is 161 Å². The van der Waals surface area contributed by atoms with E-state index in [4.69, 9.17) is 0 Å². The van der Waals surface area contributed by atoms with Crippen LogP contribution in [0.25, 0.3) is 10.8 Å². The number of rotatable bonds is 2. The number of aliphatic hydroxyl groups is 1. The SMILES string of the molecule is O=C(CN1C[C@@H](O)Cc2ccc3ccccc3c21)N1CCC[C@@H](C(F)(F)F)C1. The molecule has 1 N–H and O–H groups in total. The fourth-order valence-electron chi connectivity index (χ4n) is 4.38. The number of alkyl halides is 3. The minimum absolute atomic E-state index is 0.0252. The standard InChI is InChI=1S/C21H23F3N2O2/c22-21(23,24)16-5-3-9-25(11-16)19(28)13-26-12-17(27)10-15-8-7-14-4-1-2-6-18(14)20(15)26/h1-2,4,6-8,16-17,27H,3,5,9-13H2/t16-,17+/m1/s1. The lowest BCUT2D eigenvalue weighted by atomic mass is 9.94. The molecule has 28 heavy (non-hydrogen) atoms. The number of benzene rings is 2. The molecule has 4 nitrogen and oxygen atoms in total. The second kappa shape index (κ2) is 7.28. The van der Waals surface area contributed by atoms with E-state index in [2.05, 4.69) is 0 Å². The molecule has 1 fully saturated rings. The van der Waals surface area contributed by atoms with Gasteiger partial charge in [-0.1, -0.05) is 36.4 Å². The number of hydrogen-bond acceptors (Lipinski definition) is 3. The first-order valence-corrected chi connectivity index (χ1v) is 9.61. The second-order valence-electron chi connectivity index (χ2n) is 7.75.